The van der Waals surface area contributed by atoms with E-state index >= 15 is 0 Å². The fourth-order valence-electron chi connectivity index (χ4n) is 1.20. The molecule has 1 aromatic carbocycles. The first kappa shape index (κ1) is 15.4. The van der Waals surface area contributed by atoms with Crippen molar-refractivity contribution in [1.82, 2.24) is 4.72 Å². The standard InChI is InChI=1S/C10H12Br2ClNO2S/c1-7(4-5-11)14-17(15,16)8-2-3-10(13)9(12)6-8/h2-3,6-7,14H,4-5H2,1H3. The molecule has 0 radical (unpaired) electrons. The molecule has 0 amide bonds. The van der Waals surface area contributed by atoms with Crippen LogP contribution in [0.5, 0.6) is 0 Å². The van der Waals surface area contributed by atoms with Crippen LogP contribution in [0.2, 0.25) is 5.02 Å². The van der Waals surface area contributed by atoms with Gasteiger partial charge in [-0.2, -0.15) is 0 Å². The molecule has 0 fully saturated rings. The summed E-state index contributed by atoms with van der Waals surface area (Å²) in [4.78, 5) is 0.204. The molecule has 1 unspecified atom stereocenters. The van der Waals surface area contributed by atoms with Crippen molar-refractivity contribution >= 4 is 53.5 Å². The van der Waals surface area contributed by atoms with E-state index in [0.29, 0.717) is 9.50 Å². The van der Waals surface area contributed by atoms with Gasteiger partial charge in [-0.25, -0.2) is 13.1 Å². The normalized spacial score (nSPS) is 13.6. The molecule has 0 aliphatic rings. The van der Waals surface area contributed by atoms with E-state index in [2.05, 4.69) is 36.6 Å². The first-order chi connectivity index (χ1) is 7.86. The highest BCUT2D eigenvalue weighted by Crippen LogP contribution is 2.25. The lowest BCUT2D eigenvalue weighted by Gasteiger charge is -2.13. The summed E-state index contributed by atoms with van der Waals surface area (Å²) in [7, 11) is -3.48. The van der Waals surface area contributed by atoms with E-state index in [1.807, 2.05) is 6.92 Å². The van der Waals surface area contributed by atoms with E-state index in [0.717, 1.165) is 11.8 Å². The van der Waals surface area contributed by atoms with Gasteiger partial charge >= 0.3 is 0 Å². The first-order valence-electron chi connectivity index (χ1n) is 4.90. The summed E-state index contributed by atoms with van der Waals surface area (Å²) in [6, 6.07) is 4.41. The summed E-state index contributed by atoms with van der Waals surface area (Å²) in [5, 5.41) is 1.23. The SMILES string of the molecule is CC(CCBr)NS(=O)(=O)c1ccc(Cl)c(Br)c1. The van der Waals surface area contributed by atoms with Gasteiger partial charge in [0.05, 0.1) is 9.92 Å². The molecule has 17 heavy (non-hydrogen) atoms. The molecule has 0 saturated heterocycles. The predicted octanol–water partition coefficient (Wildman–Crippen LogP) is 3.55. The zero-order valence-corrected chi connectivity index (χ0v) is 13.8. The first-order valence-corrected chi connectivity index (χ1v) is 8.67. The van der Waals surface area contributed by atoms with E-state index in [-0.39, 0.29) is 10.9 Å². The van der Waals surface area contributed by atoms with Crippen LogP contribution in [0.3, 0.4) is 0 Å². The van der Waals surface area contributed by atoms with Gasteiger partial charge in [-0.3, -0.25) is 0 Å². The Morgan fingerprint density at radius 2 is 2.12 bits per heavy atom. The lowest BCUT2D eigenvalue weighted by molar-refractivity contribution is 0.557. The summed E-state index contributed by atoms with van der Waals surface area (Å²) in [6.07, 6.45) is 0.730. The Morgan fingerprint density at radius 1 is 1.47 bits per heavy atom. The van der Waals surface area contributed by atoms with Crippen LogP contribution in [-0.2, 0) is 10.0 Å². The Kier molecular flexibility index (Phi) is 5.92. The third-order valence-electron chi connectivity index (χ3n) is 2.10. The third-order valence-corrected chi connectivity index (χ3v) is 5.36. The Morgan fingerprint density at radius 3 is 2.65 bits per heavy atom. The minimum absolute atomic E-state index is 0.117. The maximum Gasteiger partial charge on any atom is 0.240 e. The highest BCUT2D eigenvalue weighted by Gasteiger charge is 2.17. The molecule has 0 spiro atoms. The van der Waals surface area contributed by atoms with Crippen molar-refractivity contribution in [3.8, 4) is 0 Å². The molecule has 96 valence electrons. The highest BCUT2D eigenvalue weighted by atomic mass is 79.9. The Bertz CT molecular complexity index is 493. The fourth-order valence-corrected chi connectivity index (χ4v) is 3.84. The van der Waals surface area contributed by atoms with Crippen LogP contribution in [0.4, 0.5) is 0 Å². The average Bonchev–Trinajstić information content (AvgIpc) is 2.21. The second-order valence-corrected chi connectivity index (χ2v) is 7.34. The van der Waals surface area contributed by atoms with Gasteiger partial charge < -0.3 is 0 Å². The topological polar surface area (TPSA) is 46.2 Å². The van der Waals surface area contributed by atoms with Crippen LogP contribution in [0, 0.1) is 0 Å². The number of rotatable bonds is 5. The zero-order valence-electron chi connectivity index (χ0n) is 9.08. The second kappa shape index (κ2) is 6.52. The van der Waals surface area contributed by atoms with Gasteiger partial charge in [-0.15, -0.1) is 0 Å². The fraction of sp³-hybridized carbons (Fsp3) is 0.400. The van der Waals surface area contributed by atoms with Crippen molar-refractivity contribution in [3.63, 3.8) is 0 Å². The largest absolute Gasteiger partial charge is 0.240 e. The van der Waals surface area contributed by atoms with Gasteiger partial charge in [0, 0.05) is 15.8 Å². The lowest BCUT2D eigenvalue weighted by atomic mass is 10.3. The Labute approximate surface area is 123 Å². The van der Waals surface area contributed by atoms with Gasteiger partial charge in [0.25, 0.3) is 0 Å². The van der Waals surface area contributed by atoms with Crippen LogP contribution in [0.1, 0.15) is 13.3 Å². The maximum absolute atomic E-state index is 12.0. The minimum atomic E-state index is -3.48. The quantitative estimate of drug-likeness (QED) is 0.762. The smallest absolute Gasteiger partial charge is 0.208 e. The molecule has 0 aromatic heterocycles. The Balaban J connectivity index is 2.93. The molecule has 1 N–H and O–H groups in total. The van der Waals surface area contributed by atoms with Crippen molar-refractivity contribution in [3.05, 3.63) is 27.7 Å². The van der Waals surface area contributed by atoms with Crippen LogP contribution in [0.15, 0.2) is 27.6 Å². The van der Waals surface area contributed by atoms with Crippen molar-refractivity contribution in [2.24, 2.45) is 0 Å². The molecular formula is C10H12Br2ClNO2S. The molecule has 1 atom stereocenters. The van der Waals surface area contributed by atoms with Gasteiger partial charge in [0.2, 0.25) is 10.0 Å². The number of hydrogen-bond donors (Lipinski definition) is 1. The number of nitrogens with one attached hydrogen (secondary N) is 1. The third kappa shape index (κ3) is 4.52. The van der Waals surface area contributed by atoms with E-state index in [4.69, 9.17) is 11.6 Å². The van der Waals surface area contributed by atoms with E-state index in [1.165, 1.54) is 12.1 Å². The summed E-state index contributed by atoms with van der Waals surface area (Å²) in [6.45, 7) is 1.82. The van der Waals surface area contributed by atoms with Crippen LogP contribution in [-0.4, -0.2) is 19.8 Å². The number of benzene rings is 1. The molecule has 0 heterocycles. The molecule has 0 bridgehead atoms. The summed E-state index contributed by atoms with van der Waals surface area (Å²) >= 11 is 12.3. The molecule has 7 heteroatoms. The maximum atomic E-state index is 12.0. The summed E-state index contributed by atoms with van der Waals surface area (Å²) in [5.74, 6) is 0. The molecule has 0 aliphatic carbocycles. The number of sulfonamides is 1. The minimum Gasteiger partial charge on any atom is -0.208 e. The monoisotopic (exact) mass is 403 g/mol. The van der Waals surface area contributed by atoms with Crippen LogP contribution in [0.25, 0.3) is 0 Å². The molecule has 0 aliphatic heterocycles. The van der Waals surface area contributed by atoms with Crippen LogP contribution < -0.4 is 4.72 Å². The van der Waals surface area contributed by atoms with Crippen molar-refractivity contribution in [1.29, 1.82) is 0 Å². The van der Waals surface area contributed by atoms with Crippen LogP contribution >= 0.6 is 43.5 Å². The van der Waals surface area contributed by atoms with Crippen molar-refractivity contribution < 1.29 is 8.42 Å². The van der Waals surface area contributed by atoms with Gasteiger partial charge in [-0.05, 0) is 47.5 Å². The molecule has 3 nitrogen and oxygen atoms in total. The molecule has 1 rings (SSSR count). The van der Waals surface area contributed by atoms with Crippen molar-refractivity contribution in [2.75, 3.05) is 5.33 Å². The van der Waals surface area contributed by atoms with Crippen molar-refractivity contribution in [2.45, 2.75) is 24.3 Å². The average molecular weight is 406 g/mol. The highest BCUT2D eigenvalue weighted by molar-refractivity contribution is 9.10. The number of alkyl halides is 1. The zero-order chi connectivity index (χ0) is 13.1. The van der Waals surface area contributed by atoms with Gasteiger partial charge in [-0.1, -0.05) is 27.5 Å². The molecular weight excluding hydrogens is 393 g/mol. The second-order valence-electron chi connectivity index (χ2n) is 3.58. The molecule has 1 aromatic rings. The Hall–Kier alpha value is 0.380. The van der Waals surface area contributed by atoms with Gasteiger partial charge in [0.15, 0.2) is 0 Å². The lowest BCUT2D eigenvalue weighted by Crippen LogP contribution is -2.32. The predicted molar refractivity (Wildman–Crippen MR) is 77.3 cm³/mol. The number of halogens is 3. The van der Waals surface area contributed by atoms with E-state index < -0.39 is 10.0 Å². The van der Waals surface area contributed by atoms with Gasteiger partial charge in [0.1, 0.15) is 0 Å². The number of hydrogen-bond acceptors (Lipinski definition) is 2. The van der Waals surface area contributed by atoms with E-state index in [9.17, 15) is 8.42 Å². The summed E-state index contributed by atoms with van der Waals surface area (Å²) in [5.41, 5.74) is 0. The summed E-state index contributed by atoms with van der Waals surface area (Å²) < 4.78 is 27.1. The van der Waals surface area contributed by atoms with E-state index in [1.54, 1.807) is 6.07 Å². The molecule has 0 saturated carbocycles.